The maximum Gasteiger partial charge on any atom is 0.204 e. The zero-order valence-corrected chi connectivity index (χ0v) is 12.5. The SMILES string of the molecule is Brc1nnc2n1-c1ccccc1C(c1ccccn1)=NC2. The van der Waals surface area contributed by atoms with Gasteiger partial charge in [0.05, 0.1) is 17.1 Å². The van der Waals surface area contributed by atoms with E-state index in [2.05, 4.69) is 31.1 Å². The molecule has 6 heteroatoms. The Labute approximate surface area is 129 Å². The standard InChI is InChI=1S/C15H10BrN5/c16-15-20-19-13-9-18-14(11-6-3-4-8-17-11)10-5-1-2-7-12(10)21(13)15/h1-8H,9H2. The van der Waals surface area contributed by atoms with Crippen molar-refractivity contribution in [3.05, 3.63) is 70.5 Å². The van der Waals surface area contributed by atoms with Gasteiger partial charge in [-0.2, -0.15) is 0 Å². The number of para-hydroxylation sites is 1. The van der Waals surface area contributed by atoms with Gasteiger partial charge in [-0.3, -0.25) is 14.5 Å². The van der Waals surface area contributed by atoms with E-state index < -0.39 is 0 Å². The van der Waals surface area contributed by atoms with Crippen LogP contribution in [-0.4, -0.2) is 25.5 Å². The molecule has 0 amide bonds. The van der Waals surface area contributed by atoms with Gasteiger partial charge in [0.25, 0.3) is 0 Å². The Kier molecular flexibility index (Phi) is 2.89. The molecule has 102 valence electrons. The largest absolute Gasteiger partial charge is 0.274 e. The first kappa shape index (κ1) is 12.4. The van der Waals surface area contributed by atoms with Gasteiger partial charge < -0.3 is 0 Å². The molecule has 0 radical (unpaired) electrons. The maximum absolute atomic E-state index is 4.70. The fourth-order valence-corrected chi connectivity index (χ4v) is 2.94. The Morgan fingerprint density at radius 2 is 1.86 bits per heavy atom. The number of aliphatic imine (C=N–C) groups is 1. The van der Waals surface area contributed by atoms with Crippen LogP contribution in [0, 0.1) is 0 Å². The molecule has 0 bridgehead atoms. The highest BCUT2D eigenvalue weighted by molar-refractivity contribution is 9.10. The summed E-state index contributed by atoms with van der Waals surface area (Å²) >= 11 is 3.46. The van der Waals surface area contributed by atoms with E-state index >= 15 is 0 Å². The molecular formula is C15H10BrN5. The van der Waals surface area contributed by atoms with E-state index in [1.54, 1.807) is 6.20 Å². The second kappa shape index (κ2) is 4.89. The van der Waals surface area contributed by atoms with Crippen LogP contribution < -0.4 is 0 Å². The van der Waals surface area contributed by atoms with Gasteiger partial charge in [0.2, 0.25) is 4.73 Å². The normalized spacial score (nSPS) is 13.1. The van der Waals surface area contributed by atoms with Gasteiger partial charge in [-0.15, -0.1) is 10.2 Å². The molecule has 0 atom stereocenters. The van der Waals surface area contributed by atoms with Gasteiger partial charge in [-0.05, 0) is 34.1 Å². The summed E-state index contributed by atoms with van der Waals surface area (Å²) in [6.45, 7) is 0.471. The summed E-state index contributed by atoms with van der Waals surface area (Å²) in [6.07, 6.45) is 1.78. The summed E-state index contributed by atoms with van der Waals surface area (Å²) in [7, 11) is 0. The van der Waals surface area contributed by atoms with Crippen LogP contribution in [0.4, 0.5) is 0 Å². The van der Waals surface area contributed by atoms with Crippen LogP contribution in [0.2, 0.25) is 0 Å². The van der Waals surface area contributed by atoms with Crippen LogP contribution >= 0.6 is 15.9 Å². The van der Waals surface area contributed by atoms with Crippen LogP contribution in [-0.2, 0) is 6.54 Å². The van der Waals surface area contributed by atoms with Crippen molar-refractivity contribution in [3.63, 3.8) is 0 Å². The molecule has 0 saturated carbocycles. The third kappa shape index (κ3) is 1.99. The third-order valence-electron chi connectivity index (χ3n) is 3.38. The Hall–Kier alpha value is -2.34. The molecule has 1 aromatic carbocycles. The first-order valence-electron chi connectivity index (χ1n) is 6.50. The number of halogens is 1. The summed E-state index contributed by atoms with van der Waals surface area (Å²) in [4.78, 5) is 9.12. The zero-order chi connectivity index (χ0) is 14.2. The van der Waals surface area contributed by atoms with Crippen LogP contribution in [0.3, 0.4) is 0 Å². The molecule has 0 fully saturated rings. The van der Waals surface area contributed by atoms with Crippen molar-refractivity contribution in [1.29, 1.82) is 0 Å². The Balaban J connectivity index is 1.99. The van der Waals surface area contributed by atoms with E-state index in [0.717, 1.165) is 28.5 Å². The Bertz CT molecular complexity index is 838. The molecule has 5 nitrogen and oxygen atoms in total. The number of hydrogen-bond donors (Lipinski definition) is 0. The molecule has 21 heavy (non-hydrogen) atoms. The molecule has 4 rings (SSSR count). The van der Waals surface area contributed by atoms with Crippen molar-refractivity contribution >= 4 is 21.6 Å². The molecule has 0 spiro atoms. The summed E-state index contributed by atoms with van der Waals surface area (Å²) in [5, 5.41) is 8.26. The van der Waals surface area contributed by atoms with E-state index in [0.29, 0.717) is 11.3 Å². The fraction of sp³-hybridized carbons (Fsp3) is 0.0667. The lowest BCUT2D eigenvalue weighted by Gasteiger charge is -2.10. The maximum atomic E-state index is 4.70. The predicted octanol–water partition coefficient (Wildman–Crippen LogP) is 2.78. The molecule has 3 heterocycles. The molecular weight excluding hydrogens is 330 g/mol. The van der Waals surface area contributed by atoms with Gasteiger partial charge in [-0.25, -0.2) is 0 Å². The van der Waals surface area contributed by atoms with Crippen molar-refractivity contribution in [1.82, 2.24) is 19.7 Å². The highest BCUT2D eigenvalue weighted by Crippen LogP contribution is 2.26. The first-order valence-corrected chi connectivity index (χ1v) is 7.29. The second-order valence-corrected chi connectivity index (χ2v) is 5.33. The highest BCUT2D eigenvalue weighted by atomic mass is 79.9. The van der Waals surface area contributed by atoms with Crippen LogP contribution in [0.25, 0.3) is 5.69 Å². The minimum atomic E-state index is 0.471. The minimum Gasteiger partial charge on any atom is -0.274 e. The zero-order valence-electron chi connectivity index (χ0n) is 10.9. The molecule has 1 aliphatic heterocycles. The average Bonchev–Trinajstić information content (AvgIpc) is 2.81. The lowest BCUT2D eigenvalue weighted by Crippen LogP contribution is -2.08. The number of benzene rings is 1. The smallest absolute Gasteiger partial charge is 0.204 e. The Morgan fingerprint density at radius 1 is 1.00 bits per heavy atom. The minimum absolute atomic E-state index is 0.471. The Morgan fingerprint density at radius 3 is 2.71 bits per heavy atom. The number of rotatable bonds is 1. The predicted molar refractivity (Wildman–Crippen MR) is 82.6 cm³/mol. The van der Waals surface area contributed by atoms with Crippen LogP contribution in [0.1, 0.15) is 17.1 Å². The van der Waals surface area contributed by atoms with Gasteiger partial charge in [-0.1, -0.05) is 24.3 Å². The van der Waals surface area contributed by atoms with E-state index in [9.17, 15) is 0 Å². The number of fused-ring (bicyclic) bond motifs is 3. The third-order valence-corrected chi connectivity index (χ3v) is 3.89. The molecule has 0 unspecified atom stereocenters. The van der Waals surface area contributed by atoms with Crippen LogP contribution in [0.15, 0.2) is 58.4 Å². The number of pyridine rings is 1. The monoisotopic (exact) mass is 339 g/mol. The molecule has 0 aliphatic carbocycles. The van der Waals surface area contributed by atoms with E-state index in [-0.39, 0.29) is 0 Å². The van der Waals surface area contributed by atoms with Crippen LogP contribution in [0.5, 0.6) is 0 Å². The molecule has 2 aromatic heterocycles. The average molecular weight is 340 g/mol. The number of nitrogens with zero attached hydrogens (tertiary/aromatic N) is 5. The van der Waals surface area contributed by atoms with Gasteiger partial charge >= 0.3 is 0 Å². The molecule has 0 N–H and O–H groups in total. The second-order valence-electron chi connectivity index (χ2n) is 4.62. The summed E-state index contributed by atoms with van der Waals surface area (Å²) in [6, 6.07) is 13.9. The summed E-state index contributed by atoms with van der Waals surface area (Å²) < 4.78 is 2.66. The van der Waals surface area contributed by atoms with Crippen molar-refractivity contribution < 1.29 is 0 Å². The first-order chi connectivity index (χ1) is 10.3. The van der Waals surface area contributed by atoms with Crippen molar-refractivity contribution in [2.24, 2.45) is 4.99 Å². The van der Waals surface area contributed by atoms with Gasteiger partial charge in [0.1, 0.15) is 6.54 Å². The van der Waals surface area contributed by atoms with Gasteiger partial charge in [0.15, 0.2) is 5.82 Å². The molecule has 0 saturated heterocycles. The summed E-state index contributed by atoms with van der Waals surface area (Å²) in [5.41, 5.74) is 3.77. The van der Waals surface area contributed by atoms with E-state index in [1.807, 2.05) is 47.0 Å². The van der Waals surface area contributed by atoms with Crippen molar-refractivity contribution in [2.75, 3.05) is 0 Å². The quantitative estimate of drug-likeness (QED) is 0.684. The molecule has 3 aromatic rings. The lowest BCUT2D eigenvalue weighted by molar-refractivity contribution is 0.866. The lowest BCUT2D eigenvalue weighted by atomic mass is 10.0. The van der Waals surface area contributed by atoms with E-state index in [1.165, 1.54) is 0 Å². The number of hydrogen-bond acceptors (Lipinski definition) is 4. The molecule has 1 aliphatic rings. The van der Waals surface area contributed by atoms with Crippen molar-refractivity contribution in [2.45, 2.75) is 6.54 Å². The number of aromatic nitrogens is 4. The fourth-order valence-electron chi connectivity index (χ4n) is 2.46. The van der Waals surface area contributed by atoms with Gasteiger partial charge in [0, 0.05) is 11.8 Å². The topological polar surface area (TPSA) is 56.0 Å². The van der Waals surface area contributed by atoms with E-state index in [4.69, 9.17) is 4.99 Å². The highest BCUT2D eigenvalue weighted by Gasteiger charge is 2.21. The summed E-state index contributed by atoms with van der Waals surface area (Å²) in [5.74, 6) is 0.806. The van der Waals surface area contributed by atoms with Crippen molar-refractivity contribution in [3.8, 4) is 5.69 Å².